The number of aromatic carboxylic acids is 1. The lowest BCUT2D eigenvalue weighted by atomic mass is 9.99. The van der Waals surface area contributed by atoms with Gasteiger partial charge in [-0.25, -0.2) is 9.78 Å². The Labute approximate surface area is 81.4 Å². The lowest BCUT2D eigenvalue weighted by molar-refractivity contribution is 0.0695. The molecule has 0 unspecified atom stereocenters. The molecular weight excluding hydrogens is 190 g/mol. The summed E-state index contributed by atoms with van der Waals surface area (Å²) in [5, 5.41) is 8.93. The molecule has 0 spiro atoms. The first kappa shape index (κ1) is 9.99. The molecule has 1 aromatic rings. The van der Waals surface area contributed by atoms with Gasteiger partial charge in [0.25, 0.3) is 0 Å². The SMILES string of the molecule is CC(C)c1ccnc(Cl)c1C(=O)O. The molecular formula is C9H10ClNO2. The zero-order valence-electron chi connectivity index (χ0n) is 7.41. The van der Waals surface area contributed by atoms with Gasteiger partial charge in [-0.3, -0.25) is 0 Å². The van der Waals surface area contributed by atoms with Crippen molar-refractivity contribution in [1.29, 1.82) is 0 Å². The second-order valence-electron chi connectivity index (χ2n) is 3.03. The van der Waals surface area contributed by atoms with Crippen LogP contribution in [0.15, 0.2) is 12.3 Å². The maximum Gasteiger partial charge on any atom is 0.339 e. The molecule has 0 amide bonds. The van der Waals surface area contributed by atoms with Crippen LogP contribution in [-0.2, 0) is 0 Å². The van der Waals surface area contributed by atoms with Gasteiger partial charge in [-0.1, -0.05) is 25.4 Å². The first-order valence-electron chi connectivity index (χ1n) is 3.91. The average Bonchev–Trinajstić information content (AvgIpc) is 2.02. The molecule has 3 nitrogen and oxygen atoms in total. The third kappa shape index (κ3) is 1.98. The number of nitrogens with zero attached hydrogens (tertiary/aromatic N) is 1. The fourth-order valence-corrected chi connectivity index (χ4v) is 1.39. The minimum absolute atomic E-state index is 0.0544. The molecule has 0 aliphatic heterocycles. The quantitative estimate of drug-likeness (QED) is 0.745. The number of pyridine rings is 1. The molecule has 0 atom stereocenters. The number of rotatable bonds is 2. The second kappa shape index (κ2) is 3.75. The van der Waals surface area contributed by atoms with Gasteiger partial charge in [-0.05, 0) is 17.5 Å². The monoisotopic (exact) mass is 199 g/mol. The summed E-state index contributed by atoms with van der Waals surface area (Å²) >= 11 is 5.68. The van der Waals surface area contributed by atoms with Crippen molar-refractivity contribution in [1.82, 2.24) is 4.98 Å². The molecule has 0 aliphatic rings. The summed E-state index contributed by atoms with van der Waals surface area (Å²) in [6.45, 7) is 3.83. The minimum Gasteiger partial charge on any atom is -0.478 e. The highest BCUT2D eigenvalue weighted by atomic mass is 35.5. The van der Waals surface area contributed by atoms with Crippen LogP contribution in [0.1, 0.15) is 35.7 Å². The fraction of sp³-hybridized carbons (Fsp3) is 0.333. The number of carboxylic acids is 1. The Morgan fingerprint density at radius 3 is 2.62 bits per heavy atom. The second-order valence-corrected chi connectivity index (χ2v) is 3.38. The van der Waals surface area contributed by atoms with Crippen molar-refractivity contribution in [2.75, 3.05) is 0 Å². The number of hydrogen-bond acceptors (Lipinski definition) is 2. The molecule has 0 saturated heterocycles. The molecule has 0 radical (unpaired) electrons. The molecule has 0 bridgehead atoms. The van der Waals surface area contributed by atoms with Crippen LogP contribution < -0.4 is 0 Å². The topological polar surface area (TPSA) is 50.2 Å². The number of carboxylic acid groups (broad SMARTS) is 1. The highest BCUT2D eigenvalue weighted by Crippen LogP contribution is 2.23. The van der Waals surface area contributed by atoms with Crippen molar-refractivity contribution in [3.63, 3.8) is 0 Å². The molecule has 1 rings (SSSR count). The van der Waals surface area contributed by atoms with E-state index in [1.54, 1.807) is 6.07 Å². The van der Waals surface area contributed by atoms with Crippen LogP contribution >= 0.6 is 11.6 Å². The van der Waals surface area contributed by atoms with E-state index in [2.05, 4.69) is 4.98 Å². The lowest BCUT2D eigenvalue weighted by Crippen LogP contribution is -2.05. The van der Waals surface area contributed by atoms with E-state index in [-0.39, 0.29) is 16.6 Å². The lowest BCUT2D eigenvalue weighted by Gasteiger charge is -2.09. The van der Waals surface area contributed by atoms with E-state index in [0.717, 1.165) is 0 Å². The van der Waals surface area contributed by atoms with Crippen molar-refractivity contribution in [3.05, 3.63) is 28.5 Å². The van der Waals surface area contributed by atoms with Crippen LogP contribution in [0.25, 0.3) is 0 Å². The highest BCUT2D eigenvalue weighted by molar-refractivity contribution is 6.32. The molecule has 0 saturated carbocycles. The molecule has 0 aromatic carbocycles. The van der Waals surface area contributed by atoms with Crippen LogP contribution in [0.2, 0.25) is 5.15 Å². The summed E-state index contributed by atoms with van der Waals surface area (Å²) in [4.78, 5) is 14.6. The smallest absolute Gasteiger partial charge is 0.339 e. The molecule has 0 aliphatic carbocycles. The highest BCUT2D eigenvalue weighted by Gasteiger charge is 2.16. The van der Waals surface area contributed by atoms with E-state index >= 15 is 0 Å². The van der Waals surface area contributed by atoms with Crippen LogP contribution in [0.4, 0.5) is 0 Å². The average molecular weight is 200 g/mol. The maximum absolute atomic E-state index is 10.8. The van der Waals surface area contributed by atoms with Crippen LogP contribution in [0.5, 0.6) is 0 Å². The molecule has 13 heavy (non-hydrogen) atoms. The molecule has 1 aromatic heterocycles. The summed E-state index contributed by atoms with van der Waals surface area (Å²) < 4.78 is 0. The normalized spacial score (nSPS) is 10.5. The summed E-state index contributed by atoms with van der Waals surface area (Å²) in [6.07, 6.45) is 1.52. The van der Waals surface area contributed by atoms with Crippen molar-refractivity contribution in [3.8, 4) is 0 Å². The Bertz CT molecular complexity index is 336. The van der Waals surface area contributed by atoms with Gasteiger partial charge in [0.05, 0.1) is 0 Å². The van der Waals surface area contributed by atoms with Crippen LogP contribution in [0, 0.1) is 0 Å². The van der Waals surface area contributed by atoms with Crippen LogP contribution in [-0.4, -0.2) is 16.1 Å². The van der Waals surface area contributed by atoms with Gasteiger partial charge < -0.3 is 5.11 Å². The Hall–Kier alpha value is -1.09. The van der Waals surface area contributed by atoms with E-state index in [1.807, 2.05) is 13.8 Å². The standard InChI is InChI=1S/C9H10ClNO2/c1-5(2)6-3-4-11-8(10)7(6)9(12)13/h3-5H,1-2H3,(H,12,13). The Kier molecular flexibility index (Phi) is 2.88. The van der Waals surface area contributed by atoms with Crippen molar-refractivity contribution < 1.29 is 9.90 Å². The zero-order chi connectivity index (χ0) is 10.0. The first-order chi connectivity index (χ1) is 6.04. The van der Waals surface area contributed by atoms with Gasteiger partial charge in [-0.15, -0.1) is 0 Å². The zero-order valence-corrected chi connectivity index (χ0v) is 8.17. The number of aromatic nitrogens is 1. The summed E-state index contributed by atoms with van der Waals surface area (Å²) in [6, 6.07) is 1.68. The third-order valence-corrected chi connectivity index (χ3v) is 2.06. The first-order valence-corrected chi connectivity index (χ1v) is 4.29. The van der Waals surface area contributed by atoms with E-state index in [0.29, 0.717) is 5.56 Å². The van der Waals surface area contributed by atoms with Gasteiger partial charge in [0, 0.05) is 6.20 Å². The molecule has 70 valence electrons. The Balaban J connectivity index is 3.34. The summed E-state index contributed by atoms with van der Waals surface area (Å²) in [5.74, 6) is -0.895. The largest absolute Gasteiger partial charge is 0.478 e. The van der Waals surface area contributed by atoms with Gasteiger partial charge in [-0.2, -0.15) is 0 Å². The number of halogens is 1. The minimum atomic E-state index is -1.03. The summed E-state index contributed by atoms with van der Waals surface area (Å²) in [5.41, 5.74) is 0.826. The Morgan fingerprint density at radius 2 is 2.23 bits per heavy atom. The van der Waals surface area contributed by atoms with Crippen molar-refractivity contribution in [2.24, 2.45) is 0 Å². The third-order valence-electron chi connectivity index (χ3n) is 1.77. The molecule has 1 N–H and O–H groups in total. The van der Waals surface area contributed by atoms with Gasteiger partial charge in [0.15, 0.2) is 0 Å². The number of carbonyl (C=O) groups is 1. The van der Waals surface area contributed by atoms with E-state index < -0.39 is 5.97 Å². The molecule has 0 fully saturated rings. The van der Waals surface area contributed by atoms with Crippen LogP contribution in [0.3, 0.4) is 0 Å². The maximum atomic E-state index is 10.8. The summed E-state index contributed by atoms with van der Waals surface area (Å²) in [7, 11) is 0. The van der Waals surface area contributed by atoms with Gasteiger partial charge in [0.1, 0.15) is 10.7 Å². The predicted molar refractivity (Wildman–Crippen MR) is 50.3 cm³/mol. The van der Waals surface area contributed by atoms with E-state index in [1.165, 1.54) is 6.20 Å². The fourth-order valence-electron chi connectivity index (χ4n) is 1.14. The van der Waals surface area contributed by atoms with Gasteiger partial charge in [0.2, 0.25) is 0 Å². The molecule has 1 heterocycles. The van der Waals surface area contributed by atoms with E-state index in [9.17, 15) is 4.79 Å². The van der Waals surface area contributed by atoms with Gasteiger partial charge >= 0.3 is 5.97 Å². The number of hydrogen-bond donors (Lipinski definition) is 1. The molecule has 4 heteroatoms. The van der Waals surface area contributed by atoms with Crippen molar-refractivity contribution >= 4 is 17.6 Å². The predicted octanol–water partition coefficient (Wildman–Crippen LogP) is 2.56. The Morgan fingerprint density at radius 1 is 1.62 bits per heavy atom. The van der Waals surface area contributed by atoms with Crippen molar-refractivity contribution in [2.45, 2.75) is 19.8 Å². The van der Waals surface area contributed by atoms with E-state index in [4.69, 9.17) is 16.7 Å².